The normalized spacial score (nSPS) is 12.7. The van der Waals surface area contributed by atoms with Gasteiger partial charge in [0.25, 0.3) is 0 Å². The van der Waals surface area contributed by atoms with E-state index in [4.69, 9.17) is 5.73 Å². The molecule has 1 heterocycles. The zero-order valence-electron chi connectivity index (χ0n) is 16.0. The van der Waals surface area contributed by atoms with Gasteiger partial charge in [0.1, 0.15) is 6.33 Å². The molecule has 0 fully saturated rings. The van der Waals surface area contributed by atoms with E-state index in [9.17, 15) is 18.4 Å². The molecule has 0 amide bonds. The Kier molecular flexibility index (Phi) is 4.80. The highest BCUT2D eigenvalue weighted by Crippen LogP contribution is 2.34. The molecule has 0 radical (unpaired) electrons. The number of nitriles is 1. The molecule has 0 aliphatic carbocycles. The highest BCUT2D eigenvalue weighted by molar-refractivity contribution is 5.79. The first kappa shape index (κ1) is 19.7. The fourth-order valence-electron chi connectivity index (χ4n) is 3.41. The second-order valence-electron chi connectivity index (χ2n) is 7.07. The zero-order chi connectivity index (χ0) is 21.5. The molecule has 1 unspecified atom stereocenters. The van der Waals surface area contributed by atoms with Gasteiger partial charge < -0.3 is 5.73 Å². The molecule has 4 aromatic rings. The molecular weight excluding hydrogens is 389 g/mol. The van der Waals surface area contributed by atoms with Crippen LogP contribution in [0.3, 0.4) is 0 Å². The largest absolute Gasteiger partial charge is 0.416 e. The van der Waals surface area contributed by atoms with Crippen LogP contribution in [0.1, 0.15) is 29.7 Å². The number of nitrogens with two attached hydrogens (primary N) is 1. The van der Waals surface area contributed by atoms with Crippen LogP contribution in [0.25, 0.3) is 27.8 Å². The van der Waals surface area contributed by atoms with E-state index in [1.807, 2.05) is 47.9 Å². The van der Waals surface area contributed by atoms with Crippen LogP contribution in [0, 0.1) is 11.3 Å². The van der Waals surface area contributed by atoms with Crippen molar-refractivity contribution in [3.63, 3.8) is 0 Å². The summed E-state index contributed by atoms with van der Waals surface area (Å²) in [7, 11) is 0. The smallest absolute Gasteiger partial charge is 0.324 e. The summed E-state index contributed by atoms with van der Waals surface area (Å²) in [6, 6.07) is 18.1. The van der Waals surface area contributed by atoms with Gasteiger partial charge in [0.05, 0.1) is 28.2 Å². The van der Waals surface area contributed by atoms with Crippen LogP contribution in [0.15, 0.2) is 67.0 Å². The summed E-state index contributed by atoms with van der Waals surface area (Å²) in [5, 5.41) is 9.39. The van der Waals surface area contributed by atoms with Crippen LogP contribution in [0.5, 0.6) is 0 Å². The second kappa shape index (κ2) is 7.32. The molecule has 0 bridgehead atoms. The molecule has 0 aliphatic heterocycles. The number of hydrogen-bond donors (Lipinski definition) is 1. The Balaban J connectivity index is 1.79. The molecule has 7 heteroatoms. The van der Waals surface area contributed by atoms with Gasteiger partial charge in [-0.2, -0.15) is 18.4 Å². The van der Waals surface area contributed by atoms with Gasteiger partial charge in [0.15, 0.2) is 0 Å². The van der Waals surface area contributed by atoms with Gasteiger partial charge in [-0.1, -0.05) is 24.3 Å². The predicted molar refractivity (Wildman–Crippen MR) is 109 cm³/mol. The molecule has 1 aromatic heterocycles. The lowest BCUT2D eigenvalue weighted by molar-refractivity contribution is -0.137. The standard InChI is InChI=1S/C23H17F3N4/c1-14(28)15-5-8-22-21(11-15)29-13-30(22)19-4-2-3-16(10-19)20-7-6-18(23(24,25)26)9-17(20)12-27/h2-11,13-14H,28H2,1H3. The van der Waals surface area contributed by atoms with E-state index in [1.54, 1.807) is 18.5 Å². The summed E-state index contributed by atoms with van der Waals surface area (Å²) in [5.41, 5.74) is 9.59. The number of rotatable bonds is 3. The van der Waals surface area contributed by atoms with Gasteiger partial charge in [0, 0.05) is 11.7 Å². The van der Waals surface area contributed by atoms with Gasteiger partial charge in [-0.15, -0.1) is 0 Å². The number of nitrogens with zero attached hydrogens (tertiary/aromatic N) is 3. The van der Waals surface area contributed by atoms with E-state index in [2.05, 4.69) is 4.98 Å². The van der Waals surface area contributed by atoms with Gasteiger partial charge >= 0.3 is 6.18 Å². The number of fused-ring (bicyclic) bond motifs is 1. The van der Waals surface area contributed by atoms with E-state index >= 15 is 0 Å². The van der Waals surface area contributed by atoms with Crippen molar-refractivity contribution in [1.82, 2.24) is 9.55 Å². The van der Waals surface area contributed by atoms with Gasteiger partial charge in [0.2, 0.25) is 0 Å². The number of benzene rings is 3. The first-order valence-electron chi connectivity index (χ1n) is 9.22. The highest BCUT2D eigenvalue weighted by atomic mass is 19.4. The Morgan fingerprint density at radius 1 is 1.07 bits per heavy atom. The monoisotopic (exact) mass is 406 g/mol. The lowest BCUT2D eigenvalue weighted by Crippen LogP contribution is -2.05. The fraction of sp³-hybridized carbons (Fsp3) is 0.130. The molecule has 150 valence electrons. The number of imidazole rings is 1. The molecule has 0 saturated heterocycles. The molecule has 3 aromatic carbocycles. The molecule has 1 atom stereocenters. The Morgan fingerprint density at radius 3 is 2.57 bits per heavy atom. The first-order valence-corrected chi connectivity index (χ1v) is 9.22. The minimum absolute atomic E-state index is 0.0287. The van der Waals surface area contributed by atoms with Crippen LogP contribution >= 0.6 is 0 Å². The Labute approximate surface area is 171 Å². The molecule has 4 nitrogen and oxygen atoms in total. The average molecular weight is 406 g/mol. The van der Waals surface area contributed by atoms with Crippen molar-refractivity contribution < 1.29 is 13.2 Å². The minimum atomic E-state index is -4.50. The summed E-state index contributed by atoms with van der Waals surface area (Å²) in [6.45, 7) is 1.90. The average Bonchev–Trinajstić information content (AvgIpc) is 3.16. The van der Waals surface area contributed by atoms with Crippen LogP contribution in [-0.4, -0.2) is 9.55 Å². The van der Waals surface area contributed by atoms with E-state index < -0.39 is 11.7 Å². The van der Waals surface area contributed by atoms with Crippen LogP contribution < -0.4 is 5.73 Å². The van der Waals surface area contributed by atoms with E-state index in [-0.39, 0.29) is 11.6 Å². The maximum Gasteiger partial charge on any atom is 0.416 e. The van der Waals surface area contributed by atoms with Gasteiger partial charge in [-0.05, 0) is 60.0 Å². The maximum absolute atomic E-state index is 13.0. The van der Waals surface area contributed by atoms with Gasteiger partial charge in [-0.3, -0.25) is 4.57 Å². The highest BCUT2D eigenvalue weighted by Gasteiger charge is 2.31. The second-order valence-corrected chi connectivity index (χ2v) is 7.07. The third-order valence-electron chi connectivity index (χ3n) is 5.00. The Bertz CT molecular complexity index is 1280. The number of hydrogen-bond acceptors (Lipinski definition) is 3. The van der Waals surface area contributed by atoms with Gasteiger partial charge in [-0.25, -0.2) is 4.98 Å². The summed E-state index contributed by atoms with van der Waals surface area (Å²) in [4.78, 5) is 4.44. The molecule has 30 heavy (non-hydrogen) atoms. The van der Waals surface area contributed by atoms with Crippen LogP contribution in [0.2, 0.25) is 0 Å². The maximum atomic E-state index is 13.0. The van der Waals surface area contributed by atoms with Crippen molar-refractivity contribution in [3.8, 4) is 22.9 Å². The lowest BCUT2D eigenvalue weighted by Gasteiger charge is -2.12. The molecule has 0 saturated carbocycles. The molecule has 2 N–H and O–H groups in total. The summed E-state index contributed by atoms with van der Waals surface area (Å²) in [5.74, 6) is 0. The van der Waals surface area contributed by atoms with Crippen molar-refractivity contribution in [1.29, 1.82) is 5.26 Å². The zero-order valence-corrected chi connectivity index (χ0v) is 16.0. The van der Waals surface area contributed by atoms with E-state index in [1.165, 1.54) is 6.07 Å². The Hall–Kier alpha value is -3.63. The summed E-state index contributed by atoms with van der Waals surface area (Å²) in [6.07, 6.45) is -2.81. The molecule has 0 spiro atoms. The predicted octanol–water partition coefficient (Wildman–Crippen LogP) is 5.60. The first-order chi connectivity index (χ1) is 14.3. The van der Waals surface area contributed by atoms with E-state index in [0.717, 1.165) is 34.4 Å². The third kappa shape index (κ3) is 3.53. The Morgan fingerprint density at radius 2 is 1.87 bits per heavy atom. The third-order valence-corrected chi connectivity index (χ3v) is 5.00. The molecule has 0 aliphatic rings. The fourth-order valence-corrected chi connectivity index (χ4v) is 3.41. The number of halogens is 3. The summed E-state index contributed by atoms with van der Waals surface area (Å²) < 4.78 is 40.9. The number of aromatic nitrogens is 2. The lowest BCUT2D eigenvalue weighted by atomic mass is 9.97. The van der Waals surface area contributed by atoms with Crippen molar-refractivity contribution >= 4 is 11.0 Å². The van der Waals surface area contributed by atoms with Crippen molar-refractivity contribution in [2.45, 2.75) is 19.1 Å². The SMILES string of the molecule is CC(N)c1ccc2c(c1)ncn2-c1cccc(-c2ccc(C(F)(F)F)cc2C#N)c1. The van der Waals surface area contributed by atoms with Crippen LogP contribution in [-0.2, 0) is 6.18 Å². The summed E-state index contributed by atoms with van der Waals surface area (Å²) >= 11 is 0. The quantitative estimate of drug-likeness (QED) is 0.481. The minimum Gasteiger partial charge on any atom is -0.324 e. The van der Waals surface area contributed by atoms with Crippen LogP contribution in [0.4, 0.5) is 13.2 Å². The topological polar surface area (TPSA) is 67.6 Å². The van der Waals surface area contributed by atoms with E-state index in [0.29, 0.717) is 11.1 Å². The van der Waals surface area contributed by atoms with Crippen molar-refractivity contribution in [2.24, 2.45) is 5.73 Å². The molecular formula is C23H17F3N4. The molecule has 4 rings (SSSR count). The van der Waals surface area contributed by atoms with Crippen molar-refractivity contribution in [2.75, 3.05) is 0 Å². The van der Waals surface area contributed by atoms with Crippen molar-refractivity contribution in [3.05, 3.63) is 83.7 Å². The number of alkyl halides is 3.